The number of rotatable bonds is 4. The number of hydrogen-bond donors (Lipinski definition) is 1. The van der Waals surface area contributed by atoms with Gasteiger partial charge in [-0.3, -0.25) is 4.72 Å². The number of hydrogen-bond acceptors (Lipinski definition) is 6. The molecule has 6 nitrogen and oxygen atoms in total. The average molecular weight is 387 g/mol. The van der Waals surface area contributed by atoms with Crippen molar-refractivity contribution in [3.63, 3.8) is 0 Å². The molecule has 134 valence electrons. The summed E-state index contributed by atoms with van der Waals surface area (Å²) >= 11 is 1.23. The second-order valence-corrected chi connectivity index (χ2v) is 9.38. The van der Waals surface area contributed by atoms with E-state index >= 15 is 0 Å². The number of sulfonamides is 1. The van der Waals surface area contributed by atoms with E-state index in [1.54, 1.807) is 24.3 Å². The van der Waals surface area contributed by atoms with Crippen molar-refractivity contribution in [1.29, 1.82) is 0 Å². The van der Waals surface area contributed by atoms with Gasteiger partial charge in [-0.05, 0) is 48.7 Å². The van der Waals surface area contributed by atoms with E-state index < -0.39 is 10.0 Å². The number of aromatic nitrogens is 2. The third kappa shape index (κ3) is 3.42. The summed E-state index contributed by atoms with van der Waals surface area (Å²) in [6.07, 6.45) is 0.962. The summed E-state index contributed by atoms with van der Waals surface area (Å²) in [5.41, 5.74) is 2.66. The standard InChI is InChI=1S/C18H18N4O2S2/c1-13-6-9-18(25-13)26(23,24)21-16-7-8-17(20-19-16)22-11-10-14-4-2-3-5-15(14)12-22/h2-9H,10-12H2,1H3,(H,19,21). The van der Waals surface area contributed by atoms with Gasteiger partial charge in [-0.1, -0.05) is 24.3 Å². The summed E-state index contributed by atoms with van der Waals surface area (Å²) in [5.74, 6) is 0.964. The van der Waals surface area contributed by atoms with Crippen LogP contribution in [0.15, 0.2) is 52.7 Å². The lowest BCUT2D eigenvalue weighted by molar-refractivity contribution is 0.603. The van der Waals surface area contributed by atoms with E-state index in [1.807, 2.05) is 13.0 Å². The number of anilines is 2. The molecule has 3 aromatic rings. The molecule has 1 N–H and O–H groups in total. The highest BCUT2D eigenvalue weighted by molar-refractivity contribution is 7.94. The molecule has 0 radical (unpaired) electrons. The Bertz CT molecular complexity index is 1030. The summed E-state index contributed by atoms with van der Waals surface area (Å²) in [5, 5.41) is 8.26. The van der Waals surface area contributed by atoms with Gasteiger partial charge in [0.1, 0.15) is 4.21 Å². The van der Waals surface area contributed by atoms with Crippen molar-refractivity contribution in [1.82, 2.24) is 10.2 Å². The van der Waals surface area contributed by atoms with Gasteiger partial charge in [0.15, 0.2) is 11.6 Å². The number of nitrogens with zero attached hydrogens (tertiary/aromatic N) is 3. The lowest BCUT2D eigenvalue weighted by atomic mass is 10.00. The summed E-state index contributed by atoms with van der Waals surface area (Å²) in [6, 6.07) is 15.2. The van der Waals surface area contributed by atoms with Crippen LogP contribution in [0.3, 0.4) is 0 Å². The predicted molar refractivity (Wildman–Crippen MR) is 103 cm³/mol. The van der Waals surface area contributed by atoms with Gasteiger partial charge in [-0.25, -0.2) is 8.42 Å². The quantitative estimate of drug-likeness (QED) is 0.745. The van der Waals surface area contributed by atoms with E-state index in [4.69, 9.17) is 0 Å². The summed E-state index contributed by atoms with van der Waals surface area (Å²) < 4.78 is 27.5. The fraction of sp³-hybridized carbons (Fsp3) is 0.222. The van der Waals surface area contributed by atoms with Crippen molar-refractivity contribution >= 4 is 33.0 Å². The van der Waals surface area contributed by atoms with Gasteiger partial charge < -0.3 is 4.90 Å². The zero-order valence-corrected chi connectivity index (χ0v) is 15.8. The van der Waals surface area contributed by atoms with Crippen molar-refractivity contribution in [2.45, 2.75) is 24.1 Å². The van der Waals surface area contributed by atoms with E-state index in [1.165, 1.54) is 22.5 Å². The minimum absolute atomic E-state index is 0.220. The Balaban J connectivity index is 1.49. The Hall–Kier alpha value is -2.45. The second-order valence-electron chi connectivity index (χ2n) is 6.19. The van der Waals surface area contributed by atoms with Crippen molar-refractivity contribution in [3.8, 4) is 0 Å². The third-order valence-electron chi connectivity index (χ3n) is 4.32. The Kier molecular flexibility index (Phi) is 4.37. The van der Waals surface area contributed by atoms with E-state index in [-0.39, 0.29) is 10.0 Å². The molecule has 0 amide bonds. The first-order valence-corrected chi connectivity index (χ1v) is 10.6. The highest BCUT2D eigenvalue weighted by Gasteiger charge is 2.19. The fourth-order valence-corrected chi connectivity index (χ4v) is 5.26. The maximum Gasteiger partial charge on any atom is 0.272 e. The molecule has 1 aliphatic heterocycles. The van der Waals surface area contributed by atoms with Gasteiger partial charge in [0.25, 0.3) is 10.0 Å². The van der Waals surface area contributed by atoms with Crippen molar-refractivity contribution in [2.75, 3.05) is 16.2 Å². The molecule has 8 heteroatoms. The number of aryl methyl sites for hydroxylation is 1. The molecule has 1 aromatic carbocycles. The summed E-state index contributed by atoms with van der Waals surface area (Å²) in [7, 11) is -3.62. The minimum Gasteiger partial charge on any atom is -0.350 e. The molecular formula is C18H18N4O2S2. The van der Waals surface area contributed by atoms with Crippen LogP contribution in [-0.2, 0) is 23.0 Å². The van der Waals surface area contributed by atoms with Crippen LogP contribution in [-0.4, -0.2) is 25.2 Å². The Labute approximate surface area is 156 Å². The number of thiophene rings is 1. The van der Waals surface area contributed by atoms with Crippen molar-refractivity contribution in [3.05, 3.63) is 64.5 Å². The molecule has 0 saturated heterocycles. The lowest BCUT2D eigenvalue weighted by Gasteiger charge is -2.29. The van der Waals surface area contributed by atoms with Crippen LogP contribution >= 0.6 is 11.3 Å². The van der Waals surface area contributed by atoms with Gasteiger partial charge in [0.2, 0.25) is 0 Å². The maximum atomic E-state index is 12.4. The SMILES string of the molecule is Cc1ccc(S(=O)(=O)Nc2ccc(N3CCc4ccccc4C3)nn2)s1. The van der Waals surface area contributed by atoms with Crippen LogP contribution < -0.4 is 9.62 Å². The van der Waals surface area contributed by atoms with Crippen LogP contribution in [0.1, 0.15) is 16.0 Å². The monoisotopic (exact) mass is 386 g/mol. The van der Waals surface area contributed by atoms with Gasteiger partial charge in [-0.2, -0.15) is 0 Å². The molecule has 0 fully saturated rings. The molecule has 0 spiro atoms. The molecule has 1 aliphatic rings. The lowest BCUT2D eigenvalue weighted by Crippen LogP contribution is -2.31. The van der Waals surface area contributed by atoms with Gasteiger partial charge in [0, 0.05) is 18.0 Å². The average Bonchev–Trinajstić information content (AvgIpc) is 3.09. The van der Waals surface area contributed by atoms with Crippen molar-refractivity contribution in [2.24, 2.45) is 0 Å². The molecule has 26 heavy (non-hydrogen) atoms. The number of benzene rings is 1. The van der Waals surface area contributed by atoms with Crippen LogP contribution in [0.5, 0.6) is 0 Å². The molecule has 2 aromatic heterocycles. The predicted octanol–water partition coefficient (Wildman–Crippen LogP) is 3.21. The first-order valence-electron chi connectivity index (χ1n) is 8.26. The first kappa shape index (κ1) is 17.0. The number of fused-ring (bicyclic) bond motifs is 1. The zero-order chi connectivity index (χ0) is 18.1. The Morgan fingerprint density at radius 1 is 1.04 bits per heavy atom. The van der Waals surface area contributed by atoms with E-state index in [0.29, 0.717) is 0 Å². The topological polar surface area (TPSA) is 75.2 Å². The zero-order valence-electron chi connectivity index (χ0n) is 14.2. The van der Waals surface area contributed by atoms with E-state index in [0.717, 1.165) is 30.2 Å². The molecule has 0 saturated carbocycles. The van der Waals surface area contributed by atoms with Crippen LogP contribution in [0.2, 0.25) is 0 Å². The Morgan fingerprint density at radius 2 is 1.85 bits per heavy atom. The molecule has 0 unspecified atom stereocenters. The number of nitrogens with one attached hydrogen (secondary N) is 1. The van der Waals surface area contributed by atoms with E-state index in [2.05, 4.69) is 38.0 Å². The minimum atomic E-state index is -3.62. The molecule has 4 rings (SSSR count). The largest absolute Gasteiger partial charge is 0.350 e. The van der Waals surface area contributed by atoms with Crippen LogP contribution in [0, 0.1) is 6.92 Å². The summed E-state index contributed by atoms with van der Waals surface area (Å²) in [6.45, 7) is 3.52. The highest BCUT2D eigenvalue weighted by Crippen LogP contribution is 2.25. The molecular weight excluding hydrogens is 368 g/mol. The van der Waals surface area contributed by atoms with Crippen LogP contribution in [0.4, 0.5) is 11.6 Å². The smallest absolute Gasteiger partial charge is 0.272 e. The molecule has 0 atom stereocenters. The third-order valence-corrected chi connectivity index (χ3v) is 7.17. The van der Waals surface area contributed by atoms with Gasteiger partial charge in [-0.15, -0.1) is 21.5 Å². The molecule has 0 bridgehead atoms. The normalized spacial score (nSPS) is 14.1. The van der Waals surface area contributed by atoms with Crippen LogP contribution in [0.25, 0.3) is 0 Å². The first-order chi connectivity index (χ1) is 12.5. The Morgan fingerprint density at radius 3 is 2.54 bits per heavy atom. The van der Waals surface area contributed by atoms with Crippen molar-refractivity contribution < 1.29 is 8.42 Å². The highest BCUT2D eigenvalue weighted by atomic mass is 32.2. The molecule has 3 heterocycles. The molecule has 0 aliphatic carbocycles. The maximum absolute atomic E-state index is 12.4. The van der Waals surface area contributed by atoms with Gasteiger partial charge >= 0.3 is 0 Å². The fourth-order valence-electron chi connectivity index (χ4n) is 2.98. The second kappa shape index (κ2) is 6.69. The van der Waals surface area contributed by atoms with Gasteiger partial charge in [0.05, 0.1) is 0 Å². The summed E-state index contributed by atoms with van der Waals surface area (Å²) in [4.78, 5) is 3.09. The van der Waals surface area contributed by atoms with E-state index in [9.17, 15) is 8.42 Å².